The minimum absolute atomic E-state index is 0.866. The summed E-state index contributed by atoms with van der Waals surface area (Å²) in [6.45, 7) is 0. The van der Waals surface area contributed by atoms with E-state index in [1.807, 2.05) is 41.7 Å². The number of fused-ring (bicyclic) bond motifs is 8. The average Bonchev–Trinajstić information content (AvgIpc) is 3.87. The SMILES string of the molecule is c1ccc(-c2ccccc2-c2cccc(N(c3ccc4ccc5ccc6nn(-c7ccccc7)nc6c5c4c3)c3cccc4sc5ccccc5c34)c2)cc1. The van der Waals surface area contributed by atoms with Gasteiger partial charge in [-0.1, -0.05) is 133 Å². The predicted octanol–water partition coefficient (Wildman–Crippen LogP) is 13.9. The number of anilines is 3. The van der Waals surface area contributed by atoms with Gasteiger partial charge < -0.3 is 4.90 Å². The van der Waals surface area contributed by atoms with E-state index in [4.69, 9.17) is 10.2 Å². The highest BCUT2D eigenvalue weighted by molar-refractivity contribution is 7.26. The largest absolute Gasteiger partial charge is 0.310 e. The van der Waals surface area contributed by atoms with E-state index in [2.05, 4.69) is 169 Å². The molecule has 5 heteroatoms. The third kappa shape index (κ3) is 5.28. The van der Waals surface area contributed by atoms with Crippen molar-refractivity contribution in [2.75, 3.05) is 4.90 Å². The second-order valence-corrected chi connectivity index (χ2v) is 15.0. The zero-order valence-corrected chi connectivity index (χ0v) is 30.5. The monoisotopic (exact) mass is 720 g/mol. The third-order valence-electron chi connectivity index (χ3n) is 10.6. The predicted molar refractivity (Wildman–Crippen MR) is 232 cm³/mol. The molecule has 0 aliphatic rings. The summed E-state index contributed by atoms with van der Waals surface area (Å²) in [5, 5.41) is 17.0. The maximum Gasteiger partial charge on any atom is 0.122 e. The lowest BCUT2D eigenvalue weighted by Gasteiger charge is -2.27. The highest BCUT2D eigenvalue weighted by Gasteiger charge is 2.21. The highest BCUT2D eigenvalue weighted by Crippen LogP contribution is 2.47. The fourth-order valence-corrected chi connectivity index (χ4v) is 9.23. The molecule has 0 saturated carbocycles. The van der Waals surface area contributed by atoms with Crippen molar-refractivity contribution < 1.29 is 0 Å². The van der Waals surface area contributed by atoms with Crippen molar-refractivity contribution in [3.8, 4) is 27.9 Å². The van der Waals surface area contributed by atoms with Gasteiger partial charge in [0.2, 0.25) is 0 Å². The van der Waals surface area contributed by atoms with Crippen LogP contribution < -0.4 is 4.90 Å². The van der Waals surface area contributed by atoms with Gasteiger partial charge in [0.25, 0.3) is 0 Å². The summed E-state index contributed by atoms with van der Waals surface area (Å²) in [4.78, 5) is 4.19. The Morgan fingerprint density at radius 1 is 0.436 bits per heavy atom. The van der Waals surface area contributed by atoms with Crippen LogP contribution in [0.2, 0.25) is 0 Å². The molecular weight excluding hydrogens is 689 g/mol. The van der Waals surface area contributed by atoms with Crippen molar-refractivity contribution in [1.82, 2.24) is 15.0 Å². The first-order valence-electron chi connectivity index (χ1n) is 18.5. The fourth-order valence-electron chi connectivity index (χ4n) is 8.11. The molecular formula is C50H32N4S. The van der Waals surface area contributed by atoms with Crippen LogP contribution in [0.5, 0.6) is 0 Å². The standard InChI is InChI=1S/C50H32N4S/c1-3-13-33(14-4-1)40-19-7-8-20-41(40)36-15-11-18-38(31-36)53(45-22-12-24-47-49(45)42-21-9-10-23-46(42)55-47)39-29-27-34-25-26-35-28-30-44-50(48(35)43(34)32-39)52-54(51-44)37-16-5-2-6-17-37/h1-32H. The first-order chi connectivity index (χ1) is 27.3. The molecule has 11 rings (SSSR count). The van der Waals surface area contributed by atoms with Gasteiger partial charge in [-0.2, -0.15) is 4.80 Å². The Morgan fingerprint density at radius 3 is 1.96 bits per heavy atom. The van der Waals surface area contributed by atoms with Gasteiger partial charge in [-0.3, -0.25) is 0 Å². The van der Waals surface area contributed by atoms with Gasteiger partial charge in [-0.15, -0.1) is 21.5 Å². The minimum atomic E-state index is 0.866. The van der Waals surface area contributed by atoms with Crippen LogP contribution in [0.1, 0.15) is 0 Å². The van der Waals surface area contributed by atoms with Gasteiger partial charge in [0.05, 0.1) is 11.4 Å². The summed E-state index contributed by atoms with van der Waals surface area (Å²) in [5.74, 6) is 0. The third-order valence-corrected chi connectivity index (χ3v) is 11.8. The molecule has 0 bridgehead atoms. The summed E-state index contributed by atoms with van der Waals surface area (Å²) in [5.41, 5.74) is 10.8. The van der Waals surface area contributed by atoms with Crippen LogP contribution in [0.15, 0.2) is 194 Å². The molecule has 0 saturated heterocycles. The molecule has 0 radical (unpaired) electrons. The van der Waals surface area contributed by atoms with Gasteiger partial charge >= 0.3 is 0 Å². The summed E-state index contributed by atoms with van der Waals surface area (Å²) in [7, 11) is 0. The minimum Gasteiger partial charge on any atom is -0.310 e. The number of nitrogens with zero attached hydrogens (tertiary/aromatic N) is 4. The lowest BCUT2D eigenvalue weighted by atomic mass is 9.94. The van der Waals surface area contributed by atoms with Crippen molar-refractivity contribution in [2.45, 2.75) is 0 Å². The highest BCUT2D eigenvalue weighted by atomic mass is 32.1. The van der Waals surface area contributed by atoms with Gasteiger partial charge in [0.15, 0.2) is 0 Å². The van der Waals surface area contributed by atoms with E-state index < -0.39 is 0 Å². The maximum absolute atomic E-state index is 5.09. The Hall–Kier alpha value is -7.08. The first-order valence-corrected chi connectivity index (χ1v) is 19.3. The molecule has 258 valence electrons. The second-order valence-electron chi connectivity index (χ2n) is 13.9. The number of benzene rings is 9. The Morgan fingerprint density at radius 2 is 1.09 bits per heavy atom. The van der Waals surface area contributed by atoms with Crippen LogP contribution in [-0.2, 0) is 0 Å². The molecule has 0 spiro atoms. The van der Waals surface area contributed by atoms with Crippen molar-refractivity contribution in [2.24, 2.45) is 0 Å². The van der Waals surface area contributed by atoms with E-state index in [0.717, 1.165) is 60.9 Å². The summed E-state index contributed by atoms with van der Waals surface area (Å²) < 4.78 is 2.54. The quantitative estimate of drug-likeness (QED) is 0.160. The molecule has 2 heterocycles. The second kappa shape index (κ2) is 12.8. The maximum atomic E-state index is 5.09. The zero-order valence-electron chi connectivity index (χ0n) is 29.7. The Bertz CT molecular complexity index is 3220. The number of rotatable bonds is 6. The Balaban J connectivity index is 1.17. The van der Waals surface area contributed by atoms with Crippen LogP contribution in [0.25, 0.3) is 80.7 Å². The van der Waals surface area contributed by atoms with Crippen LogP contribution >= 0.6 is 11.3 Å². The normalized spacial score (nSPS) is 11.6. The Labute approximate surface area is 321 Å². The van der Waals surface area contributed by atoms with E-state index in [0.29, 0.717) is 0 Å². The fraction of sp³-hybridized carbons (Fsp3) is 0. The summed E-state index contributed by atoms with van der Waals surface area (Å²) in [6.07, 6.45) is 0. The van der Waals surface area contributed by atoms with Crippen molar-refractivity contribution in [3.63, 3.8) is 0 Å². The smallest absolute Gasteiger partial charge is 0.122 e. The van der Waals surface area contributed by atoms with Crippen LogP contribution in [0.3, 0.4) is 0 Å². The van der Waals surface area contributed by atoms with Crippen molar-refractivity contribution in [1.29, 1.82) is 0 Å². The molecule has 0 fully saturated rings. The van der Waals surface area contributed by atoms with Gasteiger partial charge in [0, 0.05) is 36.9 Å². The van der Waals surface area contributed by atoms with Crippen LogP contribution in [0, 0.1) is 0 Å². The van der Waals surface area contributed by atoms with Gasteiger partial charge in [0.1, 0.15) is 11.0 Å². The molecule has 4 nitrogen and oxygen atoms in total. The molecule has 0 aliphatic heterocycles. The van der Waals surface area contributed by atoms with E-state index in [-0.39, 0.29) is 0 Å². The number of hydrogen-bond donors (Lipinski definition) is 0. The zero-order chi connectivity index (χ0) is 36.3. The molecule has 0 N–H and O–H groups in total. The lowest BCUT2D eigenvalue weighted by molar-refractivity contribution is 0.766. The number of para-hydroxylation sites is 1. The van der Waals surface area contributed by atoms with E-state index in [1.54, 1.807) is 4.80 Å². The number of thiophene rings is 1. The molecule has 0 unspecified atom stereocenters. The molecule has 11 aromatic rings. The van der Waals surface area contributed by atoms with Crippen LogP contribution in [0.4, 0.5) is 17.1 Å². The van der Waals surface area contributed by atoms with E-state index in [1.165, 1.54) is 36.9 Å². The van der Waals surface area contributed by atoms with Crippen molar-refractivity contribution >= 4 is 81.1 Å². The number of aromatic nitrogens is 3. The first kappa shape index (κ1) is 31.4. The average molecular weight is 721 g/mol. The van der Waals surface area contributed by atoms with Gasteiger partial charge in [-0.25, -0.2) is 0 Å². The number of hydrogen-bond acceptors (Lipinski definition) is 4. The molecule has 0 amide bonds. The van der Waals surface area contributed by atoms with Crippen LogP contribution in [-0.4, -0.2) is 15.0 Å². The van der Waals surface area contributed by atoms with Gasteiger partial charge in [-0.05, 0) is 99.1 Å². The van der Waals surface area contributed by atoms with E-state index >= 15 is 0 Å². The lowest BCUT2D eigenvalue weighted by Crippen LogP contribution is -2.10. The van der Waals surface area contributed by atoms with E-state index in [9.17, 15) is 0 Å². The topological polar surface area (TPSA) is 34.0 Å². The summed E-state index contributed by atoms with van der Waals surface area (Å²) in [6, 6.07) is 69.4. The molecule has 0 atom stereocenters. The molecule has 9 aromatic carbocycles. The molecule has 0 aliphatic carbocycles. The molecule has 55 heavy (non-hydrogen) atoms. The Kier molecular flexibility index (Phi) is 7.32. The molecule has 2 aromatic heterocycles. The summed E-state index contributed by atoms with van der Waals surface area (Å²) >= 11 is 1.85. The van der Waals surface area contributed by atoms with Crippen molar-refractivity contribution in [3.05, 3.63) is 194 Å².